The van der Waals surface area contributed by atoms with Gasteiger partial charge in [0, 0.05) is 59.4 Å². The lowest BCUT2D eigenvalue weighted by atomic mass is 10.0. The zero-order valence-corrected chi connectivity index (χ0v) is 18.9. The minimum Gasteiger partial charge on any atom is -0.436 e. The van der Waals surface area contributed by atoms with Crippen LogP contribution in [0.15, 0.2) is 113 Å². The van der Waals surface area contributed by atoms with Gasteiger partial charge < -0.3 is 8.83 Å². The maximum atomic E-state index is 5.93. The lowest BCUT2D eigenvalue weighted by Crippen LogP contribution is -1.88. The van der Waals surface area contributed by atoms with E-state index in [4.69, 9.17) is 8.83 Å². The van der Waals surface area contributed by atoms with Crippen LogP contribution in [0, 0.1) is 0 Å². The molecule has 2 aromatic carbocycles. The van der Waals surface area contributed by atoms with Crippen LogP contribution in [0.2, 0.25) is 0 Å². The summed E-state index contributed by atoms with van der Waals surface area (Å²) < 4.78 is 11.9. The fourth-order valence-electron chi connectivity index (χ4n) is 4.18. The lowest BCUT2D eigenvalue weighted by molar-refractivity contribution is 0.619. The number of hydrogen-bond donors (Lipinski definition) is 0. The van der Waals surface area contributed by atoms with E-state index in [-0.39, 0.29) is 0 Å². The van der Waals surface area contributed by atoms with Crippen LogP contribution in [0.4, 0.5) is 0 Å². The lowest BCUT2D eigenvalue weighted by Gasteiger charge is -2.07. The van der Waals surface area contributed by atoms with Crippen LogP contribution in [0.3, 0.4) is 0 Å². The Morgan fingerprint density at radius 1 is 0.417 bits per heavy atom. The van der Waals surface area contributed by atoms with Gasteiger partial charge in [0.1, 0.15) is 11.0 Å². The van der Waals surface area contributed by atoms with Crippen molar-refractivity contribution in [3.8, 4) is 45.2 Å². The van der Waals surface area contributed by atoms with Gasteiger partial charge >= 0.3 is 0 Å². The molecule has 0 spiro atoms. The normalized spacial score (nSPS) is 11.3. The number of hydrogen-bond acceptors (Lipinski definition) is 7. The largest absolute Gasteiger partial charge is 0.436 e. The molecule has 170 valence electrons. The molecule has 7 nitrogen and oxygen atoms in total. The average Bonchev–Trinajstić information content (AvgIpc) is 3.58. The quantitative estimate of drug-likeness (QED) is 0.280. The summed E-state index contributed by atoms with van der Waals surface area (Å²) in [6.45, 7) is 0. The van der Waals surface area contributed by atoms with Crippen molar-refractivity contribution in [2.75, 3.05) is 0 Å². The highest BCUT2D eigenvalue weighted by molar-refractivity contribution is 5.79. The molecule has 7 aromatic rings. The molecule has 5 heterocycles. The Hall–Kier alpha value is -5.17. The van der Waals surface area contributed by atoms with Gasteiger partial charge in [0.2, 0.25) is 11.8 Å². The molecule has 0 radical (unpaired) electrons. The third-order valence-corrected chi connectivity index (χ3v) is 5.96. The third kappa shape index (κ3) is 3.59. The van der Waals surface area contributed by atoms with E-state index in [0.717, 1.165) is 55.6 Å². The maximum absolute atomic E-state index is 5.93. The summed E-state index contributed by atoms with van der Waals surface area (Å²) in [4.78, 5) is 22.5. The van der Waals surface area contributed by atoms with Crippen molar-refractivity contribution in [3.05, 3.63) is 104 Å². The third-order valence-electron chi connectivity index (χ3n) is 5.96. The Bertz CT molecular complexity index is 1670. The summed E-state index contributed by atoms with van der Waals surface area (Å²) in [7, 11) is 0. The number of nitrogens with zero attached hydrogens (tertiary/aromatic N) is 5. The van der Waals surface area contributed by atoms with E-state index in [2.05, 4.69) is 31.0 Å². The van der Waals surface area contributed by atoms with Crippen LogP contribution < -0.4 is 0 Å². The molecular weight excluding hydrogens is 450 g/mol. The molecule has 7 heteroatoms. The molecule has 0 aliphatic heterocycles. The Labute approximate surface area is 205 Å². The fourth-order valence-corrected chi connectivity index (χ4v) is 4.18. The highest BCUT2D eigenvalue weighted by Gasteiger charge is 2.12. The smallest absolute Gasteiger partial charge is 0.228 e. The first-order valence-electron chi connectivity index (χ1n) is 11.4. The van der Waals surface area contributed by atoms with Crippen molar-refractivity contribution >= 4 is 22.2 Å². The number of oxazole rings is 2. The molecule has 0 fully saturated rings. The van der Waals surface area contributed by atoms with Crippen molar-refractivity contribution in [3.63, 3.8) is 0 Å². The van der Waals surface area contributed by atoms with E-state index in [1.165, 1.54) is 0 Å². The van der Waals surface area contributed by atoms with E-state index >= 15 is 0 Å². The van der Waals surface area contributed by atoms with Crippen LogP contribution in [0.5, 0.6) is 0 Å². The maximum Gasteiger partial charge on any atom is 0.228 e. The standard InChI is InChI=1S/C29H17N5O2/c1-3-7-26-24(5-1)33-28(35-26)22-10-20(14-31-16-22)18-9-19(13-30-12-18)21-11-23(17-32-15-21)29-34-25-6-2-4-8-27(25)36-29/h1-17H. The van der Waals surface area contributed by atoms with E-state index in [9.17, 15) is 0 Å². The first-order valence-corrected chi connectivity index (χ1v) is 11.4. The molecule has 0 unspecified atom stereocenters. The van der Waals surface area contributed by atoms with E-state index in [1.54, 1.807) is 24.8 Å². The topological polar surface area (TPSA) is 90.7 Å². The number of pyridine rings is 3. The number of aromatic nitrogens is 5. The fraction of sp³-hybridized carbons (Fsp3) is 0. The zero-order chi connectivity index (χ0) is 23.9. The molecule has 0 bridgehead atoms. The van der Waals surface area contributed by atoms with Gasteiger partial charge in [-0.2, -0.15) is 0 Å². The average molecular weight is 467 g/mol. The van der Waals surface area contributed by atoms with Crippen molar-refractivity contribution in [1.82, 2.24) is 24.9 Å². The first kappa shape index (κ1) is 20.2. The van der Waals surface area contributed by atoms with Gasteiger partial charge in [-0.15, -0.1) is 0 Å². The number of para-hydroxylation sites is 4. The van der Waals surface area contributed by atoms with Crippen molar-refractivity contribution in [2.45, 2.75) is 0 Å². The summed E-state index contributed by atoms with van der Waals surface area (Å²) in [5.41, 5.74) is 8.37. The molecule has 0 saturated heterocycles. The van der Waals surface area contributed by atoms with Crippen molar-refractivity contribution in [2.24, 2.45) is 0 Å². The molecule has 7 rings (SSSR count). The Balaban J connectivity index is 1.24. The van der Waals surface area contributed by atoms with Crippen LogP contribution in [0.1, 0.15) is 0 Å². The van der Waals surface area contributed by atoms with Gasteiger partial charge in [-0.05, 0) is 42.5 Å². The van der Waals surface area contributed by atoms with E-state index in [1.807, 2.05) is 73.1 Å². The van der Waals surface area contributed by atoms with Crippen molar-refractivity contribution in [1.29, 1.82) is 0 Å². The van der Waals surface area contributed by atoms with Crippen LogP contribution in [0.25, 0.3) is 67.4 Å². The SMILES string of the molecule is c1ccc2oc(-c3cncc(-c4cncc(-c5cncc(-c6nc7ccccc7o6)c5)c4)c3)nc2c1. The number of benzene rings is 2. The summed E-state index contributed by atoms with van der Waals surface area (Å²) in [6.07, 6.45) is 10.7. The molecule has 0 aliphatic rings. The molecule has 5 aromatic heterocycles. The second-order valence-corrected chi connectivity index (χ2v) is 8.36. The second-order valence-electron chi connectivity index (χ2n) is 8.36. The van der Waals surface area contributed by atoms with Gasteiger partial charge in [-0.25, -0.2) is 9.97 Å². The molecule has 0 atom stereocenters. The van der Waals surface area contributed by atoms with Gasteiger partial charge in [-0.3, -0.25) is 15.0 Å². The molecule has 0 aliphatic carbocycles. The van der Waals surface area contributed by atoms with Crippen LogP contribution >= 0.6 is 0 Å². The molecule has 0 saturated carbocycles. The zero-order valence-electron chi connectivity index (χ0n) is 18.9. The summed E-state index contributed by atoms with van der Waals surface area (Å²) in [5.74, 6) is 1.06. The Kier molecular flexibility index (Phi) is 4.63. The highest BCUT2D eigenvalue weighted by atomic mass is 16.4. The Morgan fingerprint density at radius 2 is 0.778 bits per heavy atom. The minimum absolute atomic E-state index is 0.532. The number of rotatable bonds is 4. The molecule has 0 amide bonds. The first-order chi connectivity index (χ1) is 17.8. The Morgan fingerprint density at radius 3 is 1.19 bits per heavy atom. The monoisotopic (exact) mass is 467 g/mol. The summed E-state index contributed by atoms with van der Waals surface area (Å²) in [5, 5.41) is 0. The van der Waals surface area contributed by atoms with E-state index in [0.29, 0.717) is 11.8 Å². The molecule has 0 N–H and O–H groups in total. The van der Waals surface area contributed by atoms with Crippen LogP contribution in [-0.2, 0) is 0 Å². The van der Waals surface area contributed by atoms with Gasteiger partial charge in [0.25, 0.3) is 0 Å². The minimum atomic E-state index is 0.532. The van der Waals surface area contributed by atoms with Gasteiger partial charge in [0.15, 0.2) is 11.2 Å². The predicted molar refractivity (Wildman–Crippen MR) is 137 cm³/mol. The summed E-state index contributed by atoms with van der Waals surface area (Å²) in [6, 6.07) is 21.5. The predicted octanol–water partition coefficient (Wildman–Crippen LogP) is 6.82. The van der Waals surface area contributed by atoms with Crippen LogP contribution in [-0.4, -0.2) is 24.9 Å². The van der Waals surface area contributed by atoms with Gasteiger partial charge in [0.05, 0.1) is 11.1 Å². The van der Waals surface area contributed by atoms with E-state index < -0.39 is 0 Å². The molecular formula is C29H17N5O2. The highest BCUT2D eigenvalue weighted by Crippen LogP contribution is 2.31. The number of fused-ring (bicyclic) bond motifs is 2. The van der Waals surface area contributed by atoms with Crippen molar-refractivity contribution < 1.29 is 8.83 Å². The van der Waals surface area contributed by atoms with Gasteiger partial charge in [-0.1, -0.05) is 24.3 Å². The second kappa shape index (κ2) is 8.25. The summed E-state index contributed by atoms with van der Waals surface area (Å²) >= 11 is 0. The molecule has 36 heavy (non-hydrogen) atoms.